The van der Waals surface area contributed by atoms with E-state index in [9.17, 15) is 0 Å². The van der Waals surface area contributed by atoms with E-state index in [4.69, 9.17) is 11.0 Å². The summed E-state index contributed by atoms with van der Waals surface area (Å²) in [5, 5.41) is 8.91. The highest BCUT2D eigenvalue weighted by Crippen LogP contribution is 2.25. The summed E-state index contributed by atoms with van der Waals surface area (Å²) in [6.45, 7) is 1.77. The van der Waals surface area contributed by atoms with Crippen molar-refractivity contribution < 1.29 is 0 Å². The van der Waals surface area contributed by atoms with E-state index in [2.05, 4.69) is 25.9 Å². The lowest BCUT2D eigenvalue weighted by Crippen LogP contribution is -2.04. The normalized spacial score (nSPS) is 10.2. The van der Waals surface area contributed by atoms with Gasteiger partial charge in [0.15, 0.2) is 0 Å². The number of nitrogen functional groups attached to an aromatic ring is 1. The summed E-state index contributed by atoms with van der Waals surface area (Å²) in [6.07, 6.45) is 0. The molecule has 2 rings (SSSR count). The van der Waals surface area contributed by atoms with Gasteiger partial charge in [0, 0.05) is 9.37 Å². The molecule has 0 bridgehead atoms. The molecular weight excluding hydrogens is 324 g/mol. The molecule has 0 unspecified atom stereocenters. The number of hydrogen-bond donors (Lipinski definition) is 1. The van der Waals surface area contributed by atoms with E-state index in [-0.39, 0.29) is 5.82 Å². The highest BCUT2D eigenvalue weighted by molar-refractivity contribution is 9.10. The van der Waals surface area contributed by atoms with Gasteiger partial charge >= 0.3 is 0 Å². The third-order valence-corrected chi connectivity index (χ3v) is 3.92. The first-order valence-electron chi connectivity index (χ1n) is 5.51. The molecule has 6 heteroatoms. The molecule has 0 aliphatic heterocycles. The van der Waals surface area contributed by atoms with Crippen LogP contribution in [0.25, 0.3) is 0 Å². The van der Waals surface area contributed by atoms with Gasteiger partial charge in [0.1, 0.15) is 23.3 Å². The van der Waals surface area contributed by atoms with Gasteiger partial charge in [-0.3, -0.25) is 0 Å². The molecule has 0 aliphatic rings. The molecule has 0 fully saturated rings. The highest BCUT2D eigenvalue weighted by atomic mass is 79.9. The molecule has 2 aromatic rings. The van der Waals surface area contributed by atoms with Gasteiger partial charge in [0.05, 0.1) is 11.4 Å². The quantitative estimate of drug-likeness (QED) is 0.871. The van der Waals surface area contributed by atoms with Crippen molar-refractivity contribution in [2.45, 2.75) is 17.6 Å². The van der Waals surface area contributed by atoms with E-state index in [0.29, 0.717) is 22.8 Å². The van der Waals surface area contributed by atoms with Crippen LogP contribution in [0.4, 0.5) is 5.82 Å². The summed E-state index contributed by atoms with van der Waals surface area (Å²) in [7, 11) is 0. The minimum absolute atomic E-state index is 0.250. The topological polar surface area (TPSA) is 75.6 Å². The number of nitrogens with zero attached hydrogens (tertiary/aromatic N) is 3. The number of thioether (sulfide) groups is 1. The molecular formula is C13H11BrN4S. The molecule has 4 nitrogen and oxygen atoms in total. The second-order valence-corrected chi connectivity index (χ2v) is 5.81. The van der Waals surface area contributed by atoms with Crippen molar-refractivity contribution in [1.82, 2.24) is 9.97 Å². The van der Waals surface area contributed by atoms with Gasteiger partial charge in [0.2, 0.25) is 0 Å². The fourth-order valence-corrected chi connectivity index (χ4v) is 2.92. The molecule has 96 valence electrons. The predicted molar refractivity (Wildman–Crippen MR) is 79.6 cm³/mol. The first-order chi connectivity index (χ1) is 9.10. The lowest BCUT2D eigenvalue weighted by atomic mass is 10.2. The van der Waals surface area contributed by atoms with Gasteiger partial charge in [-0.05, 0) is 25.1 Å². The second-order valence-electron chi connectivity index (χ2n) is 3.84. The Labute approximate surface area is 124 Å². The minimum atomic E-state index is 0.250. The zero-order chi connectivity index (χ0) is 13.8. The van der Waals surface area contributed by atoms with E-state index in [1.165, 1.54) is 0 Å². The van der Waals surface area contributed by atoms with E-state index >= 15 is 0 Å². The molecule has 1 aromatic carbocycles. The van der Waals surface area contributed by atoms with E-state index in [0.717, 1.165) is 9.37 Å². The molecule has 1 heterocycles. The van der Waals surface area contributed by atoms with E-state index < -0.39 is 0 Å². The number of nitriles is 1. The molecule has 0 atom stereocenters. The Kier molecular flexibility index (Phi) is 4.40. The number of nitrogens with two attached hydrogens (primary N) is 1. The van der Waals surface area contributed by atoms with Crippen LogP contribution in [0.3, 0.4) is 0 Å². The Morgan fingerprint density at radius 3 is 2.84 bits per heavy atom. The van der Waals surface area contributed by atoms with Crippen molar-refractivity contribution >= 4 is 33.5 Å². The lowest BCUT2D eigenvalue weighted by Gasteiger charge is -2.05. The summed E-state index contributed by atoms with van der Waals surface area (Å²) in [5.41, 5.74) is 6.72. The summed E-state index contributed by atoms with van der Waals surface area (Å²) < 4.78 is 1.04. The summed E-state index contributed by atoms with van der Waals surface area (Å²) >= 11 is 5.05. The number of aryl methyl sites for hydroxylation is 1. The average Bonchev–Trinajstić information content (AvgIpc) is 2.36. The van der Waals surface area contributed by atoms with Crippen molar-refractivity contribution in [2.75, 3.05) is 5.73 Å². The van der Waals surface area contributed by atoms with Gasteiger partial charge in [-0.25, -0.2) is 9.97 Å². The van der Waals surface area contributed by atoms with Crippen LogP contribution in [0.15, 0.2) is 33.6 Å². The maximum atomic E-state index is 8.91. The van der Waals surface area contributed by atoms with Gasteiger partial charge in [-0.2, -0.15) is 5.26 Å². The summed E-state index contributed by atoms with van der Waals surface area (Å²) in [6, 6.07) is 10.0. The molecule has 1 aromatic heterocycles. The number of halogens is 1. The number of rotatable bonds is 3. The maximum Gasteiger partial charge on any atom is 0.145 e. The molecule has 0 radical (unpaired) electrons. The Morgan fingerprint density at radius 2 is 2.21 bits per heavy atom. The lowest BCUT2D eigenvalue weighted by molar-refractivity contribution is 0.994. The molecule has 0 saturated carbocycles. The molecule has 2 N–H and O–H groups in total. The van der Waals surface area contributed by atoms with Crippen LogP contribution in [0.5, 0.6) is 0 Å². The van der Waals surface area contributed by atoms with E-state index in [1.54, 1.807) is 18.7 Å². The first kappa shape index (κ1) is 13.8. The minimum Gasteiger partial charge on any atom is -0.382 e. The number of hydrogen-bond acceptors (Lipinski definition) is 5. The van der Waals surface area contributed by atoms with Crippen molar-refractivity contribution in [1.29, 1.82) is 5.26 Å². The highest BCUT2D eigenvalue weighted by Gasteiger charge is 2.08. The Morgan fingerprint density at radius 1 is 1.42 bits per heavy atom. The van der Waals surface area contributed by atoms with E-state index in [1.807, 2.05) is 30.3 Å². The third kappa shape index (κ3) is 3.46. The van der Waals surface area contributed by atoms with Crippen LogP contribution in [0, 0.1) is 18.3 Å². The van der Waals surface area contributed by atoms with Crippen LogP contribution in [-0.4, -0.2) is 9.97 Å². The zero-order valence-electron chi connectivity index (χ0n) is 10.2. The smallest absolute Gasteiger partial charge is 0.145 e. The van der Waals surface area contributed by atoms with Gasteiger partial charge < -0.3 is 5.73 Å². The van der Waals surface area contributed by atoms with Gasteiger partial charge in [-0.1, -0.05) is 22.0 Å². The van der Waals surface area contributed by atoms with Crippen LogP contribution in [0.1, 0.15) is 17.1 Å². The predicted octanol–water partition coefficient (Wildman–Crippen LogP) is 3.29. The van der Waals surface area contributed by atoms with Crippen molar-refractivity contribution in [3.8, 4) is 6.07 Å². The first-order valence-corrected chi connectivity index (χ1v) is 7.29. The summed E-state index contributed by atoms with van der Waals surface area (Å²) in [5.74, 6) is 1.51. The number of anilines is 1. The van der Waals surface area contributed by atoms with Crippen molar-refractivity contribution in [2.24, 2.45) is 0 Å². The standard InChI is InChI=1S/C13H11BrN4S/c1-8-11(6-15)13(16)18-12(17-8)7-19-10-4-2-3-9(14)5-10/h2-5H,7H2,1H3,(H2,16,17,18). The Balaban J connectivity index is 2.15. The fourth-order valence-electron chi connectivity index (χ4n) is 1.56. The molecule has 0 saturated heterocycles. The van der Waals surface area contributed by atoms with Crippen LogP contribution in [0.2, 0.25) is 0 Å². The SMILES string of the molecule is Cc1nc(CSc2cccc(Br)c2)nc(N)c1C#N. The Bertz CT molecular complexity index is 628. The van der Waals surface area contributed by atoms with Crippen LogP contribution >= 0.6 is 27.7 Å². The molecule has 0 amide bonds. The van der Waals surface area contributed by atoms with Gasteiger partial charge in [0.25, 0.3) is 0 Å². The number of benzene rings is 1. The third-order valence-electron chi connectivity index (χ3n) is 2.44. The largest absolute Gasteiger partial charge is 0.382 e. The molecule has 0 aliphatic carbocycles. The maximum absolute atomic E-state index is 8.91. The fraction of sp³-hybridized carbons (Fsp3) is 0.154. The van der Waals surface area contributed by atoms with Crippen LogP contribution < -0.4 is 5.73 Å². The summed E-state index contributed by atoms with van der Waals surface area (Å²) in [4.78, 5) is 9.57. The average molecular weight is 335 g/mol. The zero-order valence-corrected chi connectivity index (χ0v) is 12.6. The molecule has 0 spiro atoms. The number of aromatic nitrogens is 2. The van der Waals surface area contributed by atoms with Gasteiger partial charge in [-0.15, -0.1) is 11.8 Å². The van der Waals surface area contributed by atoms with Crippen molar-refractivity contribution in [3.05, 3.63) is 45.8 Å². The van der Waals surface area contributed by atoms with Crippen molar-refractivity contribution in [3.63, 3.8) is 0 Å². The Hall–Kier alpha value is -1.58. The van der Waals surface area contributed by atoms with Crippen LogP contribution in [-0.2, 0) is 5.75 Å². The molecule has 19 heavy (non-hydrogen) atoms. The second kappa shape index (κ2) is 6.04. The monoisotopic (exact) mass is 334 g/mol.